The van der Waals surface area contributed by atoms with Gasteiger partial charge in [0.1, 0.15) is 0 Å². The number of halogens is 2. The lowest BCUT2D eigenvalue weighted by molar-refractivity contribution is 0.0993. The first-order valence-electron chi connectivity index (χ1n) is 8.43. The summed E-state index contributed by atoms with van der Waals surface area (Å²) in [5, 5.41) is 0.426. The Morgan fingerprint density at radius 3 is 2.42 bits per heavy atom. The molecule has 26 heavy (non-hydrogen) atoms. The molecule has 7 heteroatoms. The highest BCUT2D eigenvalue weighted by atomic mass is 35.5. The monoisotopic (exact) mass is 394 g/mol. The number of carbonyl (C=O) groups is 1. The fraction of sp³-hybridized carbons (Fsp3) is 0.368. The summed E-state index contributed by atoms with van der Waals surface area (Å²) in [6, 6.07) is 5.39. The topological polar surface area (TPSA) is 51.7 Å². The number of benzene rings is 1. The third-order valence-corrected chi connectivity index (χ3v) is 5.08. The van der Waals surface area contributed by atoms with E-state index < -0.39 is 0 Å². The van der Waals surface area contributed by atoms with E-state index in [1.165, 1.54) is 30.1 Å². The van der Waals surface area contributed by atoms with Crippen LogP contribution in [0.4, 0.5) is 5.69 Å². The quantitative estimate of drug-likeness (QED) is 0.716. The molecule has 0 bridgehead atoms. The van der Waals surface area contributed by atoms with E-state index in [9.17, 15) is 4.79 Å². The number of nitrogens with zero attached hydrogens (tertiary/aromatic N) is 2. The maximum Gasteiger partial charge on any atom is 0.261 e. The van der Waals surface area contributed by atoms with Crippen LogP contribution in [0.5, 0.6) is 11.5 Å². The van der Waals surface area contributed by atoms with Crippen LogP contribution in [0.15, 0.2) is 30.6 Å². The summed E-state index contributed by atoms with van der Waals surface area (Å²) >= 11 is 12.2. The largest absolute Gasteiger partial charge is 0.493 e. The molecular formula is C19H20Cl2N2O3. The SMILES string of the molecule is COc1ccc(N(C)C(=O)c2c(Cl)cncc2Cl)cc1OC1CCCC1. The summed E-state index contributed by atoms with van der Waals surface area (Å²) in [7, 11) is 3.26. The smallest absolute Gasteiger partial charge is 0.261 e. The molecule has 0 unspecified atom stereocenters. The van der Waals surface area contributed by atoms with Crippen molar-refractivity contribution in [2.24, 2.45) is 0 Å². The predicted octanol–water partition coefficient (Wildman–Crippen LogP) is 5.00. The predicted molar refractivity (Wildman–Crippen MR) is 103 cm³/mol. The van der Waals surface area contributed by atoms with Crippen LogP contribution >= 0.6 is 23.2 Å². The van der Waals surface area contributed by atoms with Crippen LogP contribution in [0.3, 0.4) is 0 Å². The van der Waals surface area contributed by atoms with Crippen LogP contribution < -0.4 is 14.4 Å². The molecule has 1 heterocycles. The van der Waals surface area contributed by atoms with Gasteiger partial charge in [-0.3, -0.25) is 9.78 Å². The molecule has 0 atom stereocenters. The Balaban J connectivity index is 1.89. The van der Waals surface area contributed by atoms with Crippen molar-refractivity contribution in [1.82, 2.24) is 4.98 Å². The number of carbonyl (C=O) groups excluding carboxylic acids is 1. The summed E-state index contributed by atoms with van der Waals surface area (Å²) in [5.41, 5.74) is 0.882. The highest BCUT2D eigenvalue weighted by Gasteiger charge is 2.23. The fourth-order valence-corrected chi connectivity index (χ4v) is 3.58. The third kappa shape index (κ3) is 3.89. The lowest BCUT2D eigenvalue weighted by Crippen LogP contribution is -2.27. The Morgan fingerprint density at radius 2 is 1.81 bits per heavy atom. The van der Waals surface area contributed by atoms with E-state index in [1.54, 1.807) is 32.4 Å². The molecule has 5 nitrogen and oxygen atoms in total. The number of hydrogen-bond acceptors (Lipinski definition) is 4. The molecule has 1 saturated carbocycles. The van der Waals surface area contributed by atoms with Crippen molar-refractivity contribution in [3.63, 3.8) is 0 Å². The minimum Gasteiger partial charge on any atom is -0.493 e. The number of amides is 1. The molecule has 1 aliphatic carbocycles. The Labute approximate surface area is 162 Å². The summed E-state index contributed by atoms with van der Waals surface area (Å²) in [5.74, 6) is 0.948. The van der Waals surface area contributed by atoms with Gasteiger partial charge in [0.25, 0.3) is 5.91 Å². The minimum absolute atomic E-state index is 0.184. The van der Waals surface area contributed by atoms with Crippen LogP contribution in [0.25, 0.3) is 0 Å². The summed E-state index contributed by atoms with van der Waals surface area (Å²) < 4.78 is 11.5. The molecular weight excluding hydrogens is 375 g/mol. The summed E-state index contributed by atoms with van der Waals surface area (Å²) in [6.45, 7) is 0. The first-order chi connectivity index (χ1) is 12.5. The van der Waals surface area contributed by atoms with Gasteiger partial charge >= 0.3 is 0 Å². The molecule has 0 aliphatic heterocycles. The highest BCUT2D eigenvalue weighted by Crippen LogP contribution is 2.35. The second-order valence-electron chi connectivity index (χ2n) is 6.20. The van der Waals surface area contributed by atoms with Crippen LogP contribution in [0, 0.1) is 0 Å². The van der Waals surface area contributed by atoms with Gasteiger partial charge in [-0.2, -0.15) is 0 Å². The molecule has 1 aromatic carbocycles. The first-order valence-corrected chi connectivity index (χ1v) is 9.18. The van der Waals surface area contributed by atoms with Crippen LogP contribution in [-0.4, -0.2) is 31.2 Å². The fourth-order valence-electron chi connectivity index (χ4n) is 3.05. The van der Waals surface area contributed by atoms with E-state index >= 15 is 0 Å². The summed E-state index contributed by atoms with van der Waals surface area (Å²) in [6.07, 6.45) is 7.39. The van der Waals surface area contributed by atoms with Crippen LogP contribution in [0.2, 0.25) is 10.0 Å². The molecule has 138 valence electrons. The van der Waals surface area contributed by atoms with Gasteiger partial charge < -0.3 is 14.4 Å². The zero-order valence-electron chi connectivity index (χ0n) is 14.7. The van der Waals surface area contributed by atoms with E-state index in [0.717, 1.165) is 12.8 Å². The van der Waals surface area contributed by atoms with Crippen molar-refractivity contribution in [2.75, 3.05) is 19.1 Å². The van der Waals surface area contributed by atoms with Crippen LogP contribution in [-0.2, 0) is 0 Å². The van der Waals surface area contributed by atoms with Gasteiger partial charge in [0.05, 0.1) is 28.8 Å². The molecule has 0 saturated heterocycles. The Morgan fingerprint density at radius 1 is 1.15 bits per heavy atom. The molecule has 2 aromatic rings. The van der Waals surface area contributed by atoms with Crippen molar-refractivity contribution >= 4 is 34.8 Å². The van der Waals surface area contributed by atoms with Gasteiger partial charge in [-0.05, 0) is 37.8 Å². The van der Waals surface area contributed by atoms with Gasteiger partial charge in [0, 0.05) is 31.2 Å². The molecule has 0 spiro atoms. The number of hydrogen-bond donors (Lipinski definition) is 0. The van der Waals surface area contributed by atoms with E-state index in [2.05, 4.69) is 4.98 Å². The average molecular weight is 395 g/mol. The molecule has 0 radical (unpaired) electrons. The standard InChI is InChI=1S/C19H20Cl2N2O3/c1-23(19(24)18-14(20)10-22-11-15(18)21)12-7-8-16(25-2)17(9-12)26-13-5-3-4-6-13/h7-11,13H,3-6H2,1-2H3. The third-order valence-electron chi connectivity index (χ3n) is 4.50. The van der Waals surface area contributed by atoms with Crippen molar-refractivity contribution in [2.45, 2.75) is 31.8 Å². The normalized spacial score (nSPS) is 14.3. The number of ether oxygens (including phenoxy) is 2. The molecule has 1 amide bonds. The second-order valence-corrected chi connectivity index (χ2v) is 7.02. The summed E-state index contributed by atoms with van der Waals surface area (Å²) in [4.78, 5) is 18.2. The van der Waals surface area contributed by atoms with E-state index in [4.69, 9.17) is 32.7 Å². The van der Waals surface area contributed by atoms with Gasteiger partial charge in [-0.1, -0.05) is 23.2 Å². The van der Waals surface area contributed by atoms with Crippen molar-refractivity contribution in [3.8, 4) is 11.5 Å². The van der Waals surface area contributed by atoms with Gasteiger partial charge in [-0.15, -0.1) is 0 Å². The Hall–Kier alpha value is -1.98. The van der Waals surface area contributed by atoms with Gasteiger partial charge in [0.2, 0.25) is 0 Å². The second kappa shape index (κ2) is 8.14. The van der Waals surface area contributed by atoms with E-state index in [1.807, 2.05) is 0 Å². The van der Waals surface area contributed by atoms with Crippen molar-refractivity contribution < 1.29 is 14.3 Å². The highest BCUT2D eigenvalue weighted by molar-refractivity contribution is 6.40. The molecule has 0 N–H and O–H groups in total. The minimum atomic E-state index is -0.320. The Bertz CT molecular complexity index is 787. The van der Waals surface area contributed by atoms with Crippen molar-refractivity contribution in [3.05, 3.63) is 46.2 Å². The zero-order chi connectivity index (χ0) is 18.7. The van der Waals surface area contributed by atoms with E-state index in [-0.39, 0.29) is 27.6 Å². The molecule has 1 fully saturated rings. The first kappa shape index (κ1) is 18.8. The zero-order valence-corrected chi connectivity index (χ0v) is 16.2. The number of anilines is 1. The lowest BCUT2D eigenvalue weighted by atomic mass is 10.2. The maximum absolute atomic E-state index is 12.9. The average Bonchev–Trinajstić information content (AvgIpc) is 3.14. The molecule has 1 aromatic heterocycles. The number of pyridine rings is 1. The molecule has 3 rings (SSSR count). The molecule has 1 aliphatic rings. The number of rotatable bonds is 5. The number of aromatic nitrogens is 1. The van der Waals surface area contributed by atoms with Gasteiger partial charge in [0.15, 0.2) is 11.5 Å². The van der Waals surface area contributed by atoms with Gasteiger partial charge in [-0.25, -0.2) is 0 Å². The van der Waals surface area contributed by atoms with E-state index in [0.29, 0.717) is 17.2 Å². The van der Waals surface area contributed by atoms with Crippen LogP contribution in [0.1, 0.15) is 36.0 Å². The number of methoxy groups -OCH3 is 1. The lowest BCUT2D eigenvalue weighted by Gasteiger charge is -2.22. The Kier molecular flexibility index (Phi) is 5.89. The van der Waals surface area contributed by atoms with Crippen molar-refractivity contribution in [1.29, 1.82) is 0 Å². The maximum atomic E-state index is 12.9.